The highest BCUT2D eigenvalue weighted by Gasteiger charge is 2.18. The molecule has 1 rings (SSSR count). The lowest BCUT2D eigenvalue weighted by atomic mass is 10.3. The van der Waals surface area contributed by atoms with Gasteiger partial charge in [0, 0.05) is 39.3 Å². The molecule has 1 aromatic heterocycles. The van der Waals surface area contributed by atoms with Crippen molar-refractivity contribution in [3.8, 4) is 0 Å². The summed E-state index contributed by atoms with van der Waals surface area (Å²) in [5.74, 6) is 1.36. The van der Waals surface area contributed by atoms with E-state index in [2.05, 4.69) is 27.5 Å². The second kappa shape index (κ2) is 8.62. The lowest BCUT2D eigenvalue weighted by molar-refractivity contribution is 0.647. The van der Waals surface area contributed by atoms with E-state index in [1.807, 2.05) is 34.6 Å². The number of nitrogens with one attached hydrogen (secondary N) is 2. The number of rotatable bonds is 6. The minimum Gasteiger partial charge on any atom is -0.357 e. The van der Waals surface area contributed by atoms with E-state index >= 15 is 0 Å². The third kappa shape index (κ3) is 6.44. The highest BCUT2D eigenvalue weighted by Crippen LogP contribution is 2.16. The molecule has 0 saturated heterocycles. The fourth-order valence-corrected chi connectivity index (χ4v) is 3.42. The van der Waals surface area contributed by atoms with E-state index in [0.29, 0.717) is 18.8 Å². The number of aryl methyl sites for hydroxylation is 2. The summed E-state index contributed by atoms with van der Waals surface area (Å²) < 4.78 is 11.9. The molecule has 0 aliphatic carbocycles. The van der Waals surface area contributed by atoms with Gasteiger partial charge in [-0.3, -0.25) is 4.21 Å². The van der Waals surface area contributed by atoms with Crippen LogP contribution >= 0.6 is 11.3 Å². The number of nitrogens with zero attached hydrogens (tertiary/aromatic N) is 2. The molecule has 0 aliphatic heterocycles. The molecule has 22 heavy (non-hydrogen) atoms. The van der Waals surface area contributed by atoms with E-state index < -0.39 is 10.8 Å². The zero-order chi connectivity index (χ0) is 16.8. The zero-order valence-electron chi connectivity index (χ0n) is 14.4. The molecule has 0 aromatic carbocycles. The SMILES string of the molecule is CCNC(=NCc1nc(C)c(C)s1)NCCS(=O)C(C)(C)C. The summed E-state index contributed by atoms with van der Waals surface area (Å²) in [7, 11) is -0.853. The summed E-state index contributed by atoms with van der Waals surface area (Å²) in [5, 5.41) is 7.46. The largest absolute Gasteiger partial charge is 0.357 e. The molecule has 0 radical (unpaired) electrons. The monoisotopic (exact) mass is 344 g/mol. The van der Waals surface area contributed by atoms with Gasteiger partial charge in [-0.15, -0.1) is 11.3 Å². The van der Waals surface area contributed by atoms with Crippen LogP contribution < -0.4 is 10.6 Å². The van der Waals surface area contributed by atoms with Crippen molar-refractivity contribution >= 4 is 28.1 Å². The van der Waals surface area contributed by atoms with Crippen molar-refractivity contribution < 1.29 is 4.21 Å². The number of aromatic nitrogens is 1. The first-order valence-electron chi connectivity index (χ1n) is 7.57. The number of aliphatic imine (C=N–C) groups is 1. The Bertz CT molecular complexity index is 513. The summed E-state index contributed by atoms with van der Waals surface area (Å²) in [6.07, 6.45) is 0. The summed E-state index contributed by atoms with van der Waals surface area (Å²) >= 11 is 1.68. The Kier molecular flexibility index (Phi) is 7.48. The fourth-order valence-electron chi connectivity index (χ4n) is 1.66. The van der Waals surface area contributed by atoms with Crippen LogP contribution in [0.25, 0.3) is 0 Å². The molecular weight excluding hydrogens is 316 g/mol. The average molecular weight is 345 g/mol. The van der Waals surface area contributed by atoms with Gasteiger partial charge in [0.1, 0.15) is 5.01 Å². The highest BCUT2D eigenvalue weighted by molar-refractivity contribution is 7.86. The van der Waals surface area contributed by atoms with Crippen LogP contribution in [0.15, 0.2) is 4.99 Å². The van der Waals surface area contributed by atoms with Crippen molar-refractivity contribution in [1.29, 1.82) is 0 Å². The van der Waals surface area contributed by atoms with Gasteiger partial charge in [-0.05, 0) is 41.5 Å². The van der Waals surface area contributed by atoms with Crippen LogP contribution in [0, 0.1) is 13.8 Å². The summed E-state index contributed by atoms with van der Waals surface area (Å²) in [6, 6.07) is 0. The molecule has 1 aromatic rings. The van der Waals surface area contributed by atoms with Gasteiger partial charge in [-0.2, -0.15) is 0 Å². The Morgan fingerprint density at radius 2 is 2.00 bits per heavy atom. The first-order valence-corrected chi connectivity index (χ1v) is 9.71. The zero-order valence-corrected chi connectivity index (χ0v) is 16.1. The van der Waals surface area contributed by atoms with Gasteiger partial charge in [0.2, 0.25) is 0 Å². The number of hydrogen-bond acceptors (Lipinski definition) is 4. The predicted molar refractivity (Wildman–Crippen MR) is 97.2 cm³/mol. The van der Waals surface area contributed by atoms with Crippen LogP contribution in [-0.2, 0) is 17.3 Å². The lowest BCUT2D eigenvalue weighted by Crippen LogP contribution is -2.40. The maximum absolute atomic E-state index is 12.0. The molecule has 126 valence electrons. The minimum atomic E-state index is -0.853. The van der Waals surface area contributed by atoms with Crippen molar-refractivity contribution in [2.45, 2.75) is 52.8 Å². The van der Waals surface area contributed by atoms with Crippen LogP contribution in [0.2, 0.25) is 0 Å². The molecule has 1 atom stereocenters. The maximum Gasteiger partial charge on any atom is 0.191 e. The number of thiazole rings is 1. The summed E-state index contributed by atoms with van der Waals surface area (Å²) in [4.78, 5) is 10.3. The lowest BCUT2D eigenvalue weighted by Gasteiger charge is -2.18. The molecule has 5 nitrogen and oxygen atoms in total. The molecule has 2 N–H and O–H groups in total. The minimum absolute atomic E-state index is 0.173. The van der Waals surface area contributed by atoms with E-state index in [4.69, 9.17) is 0 Å². The van der Waals surface area contributed by atoms with E-state index in [1.54, 1.807) is 11.3 Å². The third-order valence-corrected chi connectivity index (χ3v) is 6.05. The molecule has 0 aliphatic rings. The summed E-state index contributed by atoms with van der Waals surface area (Å²) in [5.41, 5.74) is 1.08. The first-order chi connectivity index (χ1) is 10.2. The fraction of sp³-hybridized carbons (Fsp3) is 0.733. The van der Waals surface area contributed by atoms with Gasteiger partial charge < -0.3 is 10.6 Å². The second-order valence-electron chi connectivity index (χ2n) is 6.03. The highest BCUT2D eigenvalue weighted by atomic mass is 32.2. The standard InChI is InChI=1S/C15H28N4OS2/c1-7-16-14(17-8-9-22(20)15(4,5)6)18-10-13-19-11(2)12(3)21-13/h7-10H2,1-6H3,(H2,16,17,18). The number of guanidine groups is 1. The molecule has 0 fully saturated rings. The van der Waals surface area contributed by atoms with E-state index in [0.717, 1.165) is 23.2 Å². The Hall–Kier alpha value is -0.950. The molecular formula is C15H28N4OS2. The van der Waals surface area contributed by atoms with E-state index in [1.165, 1.54) is 4.88 Å². The predicted octanol–water partition coefficient (Wildman–Crippen LogP) is 2.36. The van der Waals surface area contributed by atoms with Crippen molar-refractivity contribution in [3.05, 3.63) is 15.6 Å². The Balaban J connectivity index is 2.54. The van der Waals surface area contributed by atoms with Crippen molar-refractivity contribution in [2.24, 2.45) is 4.99 Å². The number of hydrogen-bond donors (Lipinski definition) is 2. The van der Waals surface area contributed by atoms with Gasteiger partial charge in [-0.25, -0.2) is 9.98 Å². The second-order valence-corrected chi connectivity index (χ2v) is 9.64. The topological polar surface area (TPSA) is 66.4 Å². The van der Waals surface area contributed by atoms with Gasteiger partial charge >= 0.3 is 0 Å². The molecule has 0 amide bonds. The summed E-state index contributed by atoms with van der Waals surface area (Å²) in [6.45, 7) is 14.1. The Labute approximate surface area is 140 Å². The molecule has 1 unspecified atom stereocenters. The van der Waals surface area contributed by atoms with E-state index in [9.17, 15) is 4.21 Å². The van der Waals surface area contributed by atoms with Crippen LogP contribution in [-0.4, -0.2) is 38.7 Å². The van der Waals surface area contributed by atoms with Gasteiger partial charge in [-0.1, -0.05) is 0 Å². The smallest absolute Gasteiger partial charge is 0.191 e. The van der Waals surface area contributed by atoms with Crippen molar-refractivity contribution in [1.82, 2.24) is 15.6 Å². The molecule has 0 saturated carbocycles. The van der Waals surface area contributed by atoms with Crippen LogP contribution in [0.3, 0.4) is 0 Å². The van der Waals surface area contributed by atoms with Crippen molar-refractivity contribution in [2.75, 3.05) is 18.8 Å². The van der Waals surface area contributed by atoms with Crippen LogP contribution in [0.5, 0.6) is 0 Å². The Morgan fingerprint density at radius 1 is 1.32 bits per heavy atom. The molecule has 0 spiro atoms. The molecule has 0 bridgehead atoms. The Morgan fingerprint density at radius 3 is 2.50 bits per heavy atom. The first kappa shape index (κ1) is 19.1. The molecule has 7 heteroatoms. The van der Waals surface area contributed by atoms with E-state index in [-0.39, 0.29) is 4.75 Å². The third-order valence-electron chi connectivity index (χ3n) is 3.05. The van der Waals surface area contributed by atoms with Gasteiger partial charge in [0.15, 0.2) is 5.96 Å². The van der Waals surface area contributed by atoms with Gasteiger partial charge in [0.05, 0.1) is 12.2 Å². The van der Waals surface area contributed by atoms with Crippen LogP contribution in [0.1, 0.15) is 43.3 Å². The normalized spacial score (nSPS) is 14.0. The van der Waals surface area contributed by atoms with Crippen molar-refractivity contribution in [3.63, 3.8) is 0 Å². The average Bonchev–Trinajstić information content (AvgIpc) is 2.74. The quantitative estimate of drug-likeness (QED) is 0.614. The van der Waals surface area contributed by atoms with Gasteiger partial charge in [0.25, 0.3) is 0 Å². The maximum atomic E-state index is 12.0. The van der Waals surface area contributed by atoms with Crippen LogP contribution in [0.4, 0.5) is 0 Å². The molecule has 1 heterocycles.